The molecule has 0 saturated heterocycles. The summed E-state index contributed by atoms with van der Waals surface area (Å²) in [6.45, 7) is 0. The maximum absolute atomic E-state index is 11.7. The number of aliphatic carboxylic acids is 1. The standard InChI is InChI=1S/C10H7Cl2NO3/c11-4-1-5(12)9-6(2-4)13-7(10(15)16)3-8(9)14/h1-3,6,9,13H,(H,15,16). The molecule has 2 atom stereocenters. The number of allylic oxidation sites excluding steroid dienone is 3. The van der Waals surface area contributed by atoms with Crippen molar-refractivity contribution in [3.05, 3.63) is 34.0 Å². The third kappa shape index (κ3) is 1.86. The highest BCUT2D eigenvalue weighted by atomic mass is 35.5. The molecule has 4 nitrogen and oxygen atoms in total. The van der Waals surface area contributed by atoms with Crippen molar-refractivity contribution in [1.82, 2.24) is 5.32 Å². The lowest BCUT2D eigenvalue weighted by Gasteiger charge is -2.30. The van der Waals surface area contributed by atoms with E-state index >= 15 is 0 Å². The first kappa shape index (κ1) is 11.2. The first-order valence-corrected chi connectivity index (χ1v) is 5.24. The molecule has 1 aliphatic heterocycles. The summed E-state index contributed by atoms with van der Waals surface area (Å²) >= 11 is 11.7. The van der Waals surface area contributed by atoms with Crippen LogP contribution in [0.3, 0.4) is 0 Å². The second-order valence-electron chi connectivity index (χ2n) is 3.49. The molecule has 0 fully saturated rings. The lowest BCUT2D eigenvalue weighted by atomic mass is 9.87. The van der Waals surface area contributed by atoms with Crippen LogP contribution in [0.25, 0.3) is 0 Å². The minimum absolute atomic E-state index is 0.140. The Kier molecular flexibility index (Phi) is 2.78. The highest BCUT2D eigenvalue weighted by Crippen LogP contribution is 2.32. The van der Waals surface area contributed by atoms with Crippen molar-refractivity contribution >= 4 is 35.0 Å². The number of ketones is 1. The zero-order chi connectivity index (χ0) is 11.9. The molecule has 84 valence electrons. The third-order valence-electron chi connectivity index (χ3n) is 2.42. The molecule has 2 unspecified atom stereocenters. The molecule has 0 radical (unpaired) electrons. The summed E-state index contributed by atoms with van der Waals surface area (Å²) in [6, 6.07) is -0.492. The van der Waals surface area contributed by atoms with Crippen LogP contribution in [0, 0.1) is 5.92 Å². The molecule has 16 heavy (non-hydrogen) atoms. The number of carbonyl (C=O) groups is 2. The average molecular weight is 260 g/mol. The van der Waals surface area contributed by atoms with Gasteiger partial charge in [0.2, 0.25) is 0 Å². The monoisotopic (exact) mass is 259 g/mol. The van der Waals surface area contributed by atoms with Gasteiger partial charge in [-0.3, -0.25) is 4.79 Å². The average Bonchev–Trinajstić information content (AvgIpc) is 2.15. The van der Waals surface area contributed by atoms with Crippen molar-refractivity contribution < 1.29 is 14.7 Å². The van der Waals surface area contributed by atoms with Gasteiger partial charge in [-0.1, -0.05) is 23.2 Å². The topological polar surface area (TPSA) is 66.4 Å². The number of nitrogens with one attached hydrogen (secondary N) is 1. The number of hydrogen-bond donors (Lipinski definition) is 2. The van der Waals surface area contributed by atoms with Crippen LogP contribution in [0.15, 0.2) is 34.0 Å². The van der Waals surface area contributed by atoms with Gasteiger partial charge in [-0.15, -0.1) is 0 Å². The van der Waals surface area contributed by atoms with Gasteiger partial charge in [0.1, 0.15) is 5.70 Å². The molecule has 0 aromatic rings. The predicted molar refractivity (Wildman–Crippen MR) is 59.0 cm³/mol. The fourth-order valence-corrected chi connectivity index (χ4v) is 2.39. The first-order valence-electron chi connectivity index (χ1n) is 4.49. The van der Waals surface area contributed by atoms with Crippen LogP contribution in [0.4, 0.5) is 0 Å². The van der Waals surface area contributed by atoms with E-state index < -0.39 is 17.9 Å². The van der Waals surface area contributed by atoms with Gasteiger partial charge in [-0.2, -0.15) is 0 Å². The summed E-state index contributed by atoms with van der Waals surface area (Å²) in [4.78, 5) is 22.4. The highest BCUT2D eigenvalue weighted by molar-refractivity contribution is 6.36. The highest BCUT2D eigenvalue weighted by Gasteiger charge is 2.36. The van der Waals surface area contributed by atoms with E-state index in [9.17, 15) is 9.59 Å². The molecule has 0 aromatic heterocycles. The number of fused-ring (bicyclic) bond motifs is 1. The summed E-state index contributed by atoms with van der Waals surface area (Å²) in [5, 5.41) is 12.2. The Labute approximate surface area is 101 Å². The molecule has 1 heterocycles. The normalized spacial score (nSPS) is 28.4. The van der Waals surface area contributed by atoms with E-state index in [1.54, 1.807) is 6.08 Å². The lowest BCUT2D eigenvalue weighted by molar-refractivity contribution is -0.134. The lowest BCUT2D eigenvalue weighted by Crippen LogP contribution is -2.45. The third-order valence-corrected chi connectivity index (χ3v) is 3.00. The van der Waals surface area contributed by atoms with Gasteiger partial charge in [-0.25, -0.2) is 4.79 Å². The molecule has 6 heteroatoms. The van der Waals surface area contributed by atoms with Crippen LogP contribution in [0.5, 0.6) is 0 Å². The number of carboxylic acids is 1. The Morgan fingerprint density at radius 3 is 2.69 bits per heavy atom. The van der Waals surface area contributed by atoms with Crippen LogP contribution in [-0.2, 0) is 9.59 Å². The second-order valence-corrected chi connectivity index (χ2v) is 4.37. The molecule has 0 bridgehead atoms. The molecular formula is C10H7Cl2NO3. The van der Waals surface area contributed by atoms with Crippen molar-refractivity contribution in [2.24, 2.45) is 5.92 Å². The van der Waals surface area contributed by atoms with E-state index in [1.807, 2.05) is 0 Å². The minimum Gasteiger partial charge on any atom is -0.477 e. The maximum Gasteiger partial charge on any atom is 0.352 e. The van der Waals surface area contributed by atoms with Crippen LogP contribution < -0.4 is 5.32 Å². The molecule has 2 rings (SSSR count). The first-order chi connectivity index (χ1) is 7.49. The van der Waals surface area contributed by atoms with E-state index in [4.69, 9.17) is 28.3 Å². The molecular weight excluding hydrogens is 253 g/mol. The summed E-state index contributed by atoms with van der Waals surface area (Å²) < 4.78 is 0. The fraction of sp³-hybridized carbons (Fsp3) is 0.200. The van der Waals surface area contributed by atoms with E-state index in [0.717, 1.165) is 6.08 Å². The number of rotatable bonds is 1. The van der Waals surface area contributed by atoms with Crippen molar-refractivity contribution in [2.75, 3.05) is 0 Å². The Balaban J connectivity index is 2.39. The quantitative estimate of drug-likeness (QED) is 0.747. The van der Waals surface area contributed by atoms with Crippen LogP contribution >= 0.6 is 23.2 Å². The molecule has 0 saturated carbocycles. The molecule has 0 spiro atoms. The van der Waals surface area contributed by atoms with Crippen LogP contribution in [-0.4, -0.2) is 22.9 Å². The minimum atomic E-state index is -1.18. The van der Waals surface area contributed by atoms with E-state index in [-0.39, 0.29) is 11.5 Å². The molecule has 0 aromatic carbocycles. The Morgan fingerprint density at radius 2 is 2.06 bits per heavy atom. The zero-order valence-electron chi connectivity index (χ0n) is 7.91. The Hall–Kier alpha value is -1.26. The van der Waals surface area contributed by atoms with E-state index in [1.165, 1.54) is 6.08 Å². The Morgan fingerprint density at radius 1 is 1.38 bits per heavy atom. The van der Waals surface area contributed by atoms with E-state index in [2.05, 4.69) is 5.32 Å². The Bertz CT molecular complexity index is 465. The number of carbonyl (C=O) groups excluding carboxylic acids is 1. The zero-order valence-corrected chi connectivity index (χ0v) is 9.42. The summed E-state index contributed by atoms with van der Waals surface area (Å²) in [6.07, 6.45) is 4.11. The maximum atomic E-state index is 11.7. The van der Waals surface area contributed by atoms with Gasteiger partial charge in [0.25, 0.3) is 0 Å². The van der Waals surface area contributed by atoms with Crippen molar-refractivity contribution in [1.29, 1.82) is 0 Å². The van der Waals surface area contributed by atoms with Crippen molar-refractivity contribution in [2.45, 2.75) is 6.04 Å². The number of carboxylic acid groups (broad SMARTS) is 1. The van der Waals surface area contributed by atoms with E-state index in [0.29, 0.717) is 10.1 Å². The van der Waals surface area contributed by atoms with Crippen molar-refractivity contribution in [3.8, 4) is 0 Å². The fourth-order valence-electron chi connectivity index (χ4n) is 1.72. The molecule has 0 amide bonds. The van der Waals surface area contributed by atoms with Gasteiger partial charge in [0, 0.05) is 16.1 Å². The van der Waals surface area contributed by atoms with Crippen molar-refractivity contribution in [3.63, 3.8) is 0 Å². The summed E-state index contributed by atoms with van der Waals surface area (Å²) in [7, 11) is 0. The summed E-state index contributed by atoms with van der Waals surface area (Å²) in [5.41, 5.74) is -0.140. The van der Waals surface area contributed by atoms with Gasteiger partial charge >= 0.3 is 5.97 Å². The molecule has 1 aliphatic carbocycles. The van der Waals surface area contributed by atoms with Gasteiger partial charge < -0.3 is 10.4 Å². The smallest absolute Gasteiger partial charge is 0.352 e. The molecule has 2 N–H and O–H groups in total. The number of hydrogen-bond acceptors (Lipinski definition) is 3. The van der Waals surface area contributed by atoms with Gasteiger partial charge in [-0.05, 0) is 12.2 Å². The SMILES string of the molecule is O=C(O)C1=CC(=O)C2C(Cl)=CC(Cl)=CC2N1. The predicted octanol–water partition coefficient (Wildman–Crippen LogP) is 1.37. The number of halogens is 2. The summed E-state index contributed by atoms with van der Waals surface area (Å²) in [5.74, 6) is -2.09. The van der Waals surface area contributed by atoms with Gasteiger partial charge in [0.05, 0.1) is 12.0 Å². The van der Waals surface area contributed by atoms with Crippen LogP contribution in [0.1, 0.15) is 0 Å². The second kappa shape index (κ2) is 3.96. The van der Waals surface area contributed by atoms with Crippen LogP contribution in [0.2, 0.25) is 0 Å². The largest absolute Gasteiger partial charge is 0.477 e. The van der Waals surface area contributed by atoms with Gasteiger partial charge in [0.15, 0.2) is 5.78 Å². The molecule has 2 aliphatic rings.